The lowest BCUT2D eigenvalue weighted by atomic mass is 9.69. The third-order valence-corrected chi connectivity index (χ3v) is 4.60. The van der Waals surface area contributed by atoms with Gasteiger partial charge in [0.1, 0.15) is 0 Å². The maximum Gasteiger partial charge on any atom is 0.0593 e. The second-order valence-electron chi connectivity index (χ2n) is 5.71. The molecule has 0 aliphatic heterocycles. The number of hydrogen-bond donors (Lipinski definition) is 1. The van der Waals surface area contributed by atoms with Crippen molar-refractivity contribution in [3.05, 3.63) is 0 Å². The van der Waals surface area contributed by atoms with E-state index in [4.69, 9.17) is 10.5 Å². The molecule has 0 aromatic rings. The summed E-state index contributed by atoms with van der Waals surface area (Å²) in [7, 11) is 2.21. The van der Waals surface area contributed by atoms with Gasteiger partial charge in [-0.3, -0.25) is 4.90 Å². The van der Waals surface area contributed by atoms with Crippen LogP contribution in [0.4, 0.5) is 0 Å². The van der Waals surface area contributed by atoms with Gasteiger partial charge in [-0.15, -0.1) is 0 Å². The average molecular weight is 242 g/mol. The summed E-state index contributed by atoms with van der Waals surface area (Å²) in [6.07, 6.45) is 3.88. The van der Waals surface area contributed by atoms with Crippen LogP contribution in [0.3, 0.4) is 0 Å². The van der Waals surface area contributed by atoms with Crippen LogP contribution in [0.5, 0.6) is 0 Å². The lowest BCUT2D eigenvalue weighted by Crippen LogP contribution is -2.59. The molecule has 0 saturated heterocycles. The summed E-state index contributed by atoms with van der Waals surface area (Å²) in [4.78, 5) is 2.45. The maximum absolute atomic E-state index is 6.11. The van der Waals surface area contributed by atoms with Crippen LogP contribution in [0.15, 0.2) is 0 Å². The van der Waals surface area contributed by atoms with Crippen molar-refractivity contribution in [1.29, 1.82) is 0 Å². The first-order chi connectivity index (χ1) is 8.06. The molecule has 0 amide bonds. The highest BCUT2D eigenvalue weighted by atomic mass is 16.5. The number of rotatable bonds is 6. The van der Waals surface area contributed by atoms with Gasteiger partial charge in [0, 0.05) is 25.2 Å². The van der Waals surface area contributed by atoms with E-state index in [0.717, 1.165) is 32.2 Å². The Hall–Kier alpha value is -0.120. The molecule has 1 aliphatic rings. The second kappa shape index (κ2) is 6.72. The first-order valence-corrected chi connectivity index (χ1v) is 7.05. The SMILES string of the molecule is CCOCCN(C)C1(CN)CC(C)CCC1C. The number of likely N-dealkylation sites (N-methyl/N-ethyl adjacent to an activating group) is 1. The maximum atomic E-state index is 6.11. The minimum Gasteiger partial charge on any atom is -0.380 e. The van der Waals surface area contributed by atoms with Gasteiger partial charge in [-0.05, 0) is 38.6 Å². The predicted octanol–water partition coefficient (Wildman–Crippen LogP) is 2.11. The van der Waals surface area contributed by atoms with Crippen molar-refractivity contribution in [2.24, 2.45) is 17.6 Å². The van der Waals surface area contributed by atoms with Crippen LogP contribution in [0.25, 0.3) is 0 Å². The van der Waals surface area contributed by atoms with Gasteiger partial charge in [0.25, 0.3) is 0 Å². The minimum atomic E-state index is 0.189. The highest BCUT2D eigenvalue weighted by Gasteiger charge is 2.42. The molecular formula is C14H30N2O. The van der Waals surface area contributed by atoms with E-state index in [1.54, 1.807) is 0 Å². The number of nitrogens with two attached hydrogens (primary N) is 1. The van der Waals surface area contributed by atoms with Crippen molar-refractivity contribution in [3.8, 4) is 0 Å². The average Bonchev–Trinajstić information content (AvgIpc) is 2.32. The summed E-state index contributed by atoms with van der Waals surface area (Å²) < 4.78 is 5.46. The molecule has 0 spiro atoms. The van der Waals surface area contributed by atoms with E-state index in [-0.39, 0.29) is 5.54 Å². The van der Waals surface area contributed by atoms with Crippen LogP contribution in [0, 0.1) is 11.8 Å². The van der Waals surface area contributed by atoms with Gasteiger partial charge in [0.2, 0.25) is 0 Å². The Morgan fingerprint density at radius 3 is 2.65 bits per heavy atom. The zero-order valence-electron chi connectivity index (χ0n) is 12.0. The second-order valence-corrected chi connectivity index (χ2v) is 5.71. The monoisotopic (exact) mass is 242 g/mol. The van der Waals surface area contributed by atoms with E-state index in [2.05, 4.69) is 25.8 Å². The molecule has 2 N–H and O–H groups in total. The lowest BCUT2D eigenvalue weighted by Gasteiger charge is -2.50. The first-order valence-electron chi connectivity index (χ1n) is 7.05. The van der Waals surface area contributed by atoms with Gasteiger partial charge in [-0.2, -0.15) is 0 Å². The topological polar surface area (TPSA) is 38.5 Å². The molecule has 0 radical (unpaired) electrons. The molecule has 3 atom stereocenters. The summed E-state index contributed by atoms with van der Waals surface area (Å²) in [5, 5.41) is 0. The van der Waals surface area contributed by atoms with Gasteiger partial charge in [-0.1, -0.05) is 20.3 Å². The van der Waals surface area contributed by atoms with E-state index in [1.165, 1.54) is 19.3 Å². The summed E-state index contributed by atoms with van der Waals surface area (Å²) >= 11 is 0. The fourth-order valence-corrected chi connectivity index (χ4v) is 3.25. The Kier molecular flexibility index (Phi) is 5.90. The number of hydrogen-bond acceptors (Lipinski definition) is 3. The Morgan fingerprint density at radius 1 is 1.35 bits per heavy atom. The van der Waals surface area contributed by atoms with E-state index >= 15 is 0 Å². The van der Waals surface area contributed by atoms with Crippen LogP contribution >= 0.6 is 0 Å². The molecule has 1 saturated carbocycles. The largest absolute Gasteiger partial charge is 0.380 e. The van der Waals surface area contributed by atoms with E-state index in [9.17, 15) is 0 Å². The Labute approximate surface area is 107 Å². The molecule has 3 unspecified atom stereocenters. The van der Waals surface area contributed by atoms with Crippen LogP contribution in [-0.4, -0.2) is 43.8 Å². The highest BCUT2D eigenvalue weighted by molar-refractivity contribution is 4.98. The van der Waals surface area contributed by atoms with Crippen LogP contribution in [0.1, 0.15) is 40.0 Å². The molecule has 0 aromatic carbocycles. The van der Waals surface area contributed by atoms with Gasteiger partial charge in [-0.25, -0.2) is 0 Å². The third kappa shape index (κ3) is 3.43. The first kappa shape index (κ1) is 14.9. The smallest absolute Gasteiger partial charge is 0.0593 e. The Bertz CT molecular complexity index is 222. The summed E-state index contributed by atoms with van der Waals surface area (Å²) in [5.41, 5.74) is 6.30. The summed E-state index contributed by atoms with van der Waals surface area (Å²) in [6.45, 7) is 10.1. The molecule has 1 aliphatic carbocycles. The normalized spacial score (nSPS) is 34.2. The third-order valence-electron chi connectivity index (χ3n) is 4.60. The molecule has 17 heavy (non-hydrogen) atoms. The molecule has 1 rings (SSSR count). The number of ether oxygens (including phenoxy) is 1. The Balaban J connectivity index is 2.64. The summed E-state index contributed by atoms with van der Waals surface area (Å²) in [5.74, 6) is 1.49. The predicted molar refractivity (Wildman–Crippen MR) is 73.1 cm³/mol. The van der Waals surface area contributed by atoms with Crippen molar-refractivity contribution in [2.45, 2.75) is 45.6 Å². The van der Waals surface area contributed by atoms with E-state index in [1.807, 2.05) is 6.92 Å². The van der Waals surface area contributed by atoms with Gasteiger partial charge < -0.3 is 10.5 Å². The van der Waals surface area contributed by atoms with Gasteiger partial charge in [0.05, 0.1) is 6.61 Å². The zero-order valence-corrected chi connectivity index (χ0v) is 12.0. The molecule has 3 nitrogen and oxygen atoms in total. The molecule has 0 heterocycles. The molecule has 102 valence electrons. The number of nitrogens with zero attached hydrogens (tertiary/aromatic N) is 1. The van der Waals surface area contributed by atoms with Gasteiger partial charge >= 0.3 is 0 Å². The zero-order chi connectivity index (χ0) is 12.9. The van der Waals surface area contributed by atoms with Crippen LogP contribution in [-0.2, 0) is 4.74 Å². The molecule has 3 heteroatoms. The van der Waals surface area contributed by atoms with E-state index < -0.39 is 0 Å². The lowest BCUT2D eigenvalue weighted by molar-refractivity contribution is -0.00330. The molecular weight excluding hydrogens is 212 g/mol. The van der Waals surface area contributed by atoms with Crippen molar-refractivity contribution >= 4 is 0 Å². The van der Waals surface area contributed by atoms with E-state index in [0.29, 0.717) is 5.92 Å². The van der Waals surface area contributed by atoms with Crippen molar-refractivity contribution < 1.29 is 4.74 Å². The van der Waals surface area contributed by atoms with Crippen LogP contribution < -0.4 is 5.73 Å². The quantitative estimate of drug-likeness (QED) is 0.725. The van der Waals surface area contributed by atoms with Gasteiger partial charge in [0.15, 0.2) is 0 Å². The Morgan fingerprint density at radius 2 is 2.06 bits per heavy atom. The summed E-state index contributed by atoms with van der Waals surface area (Å²) in [6, 6.07) is 0. The fraction of sp³-hybridized carbons (Fsp3) is 1.00. The van der Waals surface area contributed by atoms with Crippen molar-refractivity contribution in [3.63, 3.8) is 0 Å². The molecule has 1 fully saturated rings. The van der Waals surface area contributed by atoms with Crippen molar-refractivity contribution in [1.82, 2.24) is 4.90 Å². The molecule has 0 bridgehead atoms. The molecule has 0 aromatic heterocycles. The van der Waals surface area contributed by atoms with Crippen molar-refractivity contribution in [2.75, 3.05) is 33.4 Å². The fourth-order valence-electron chi connectivity index (χ4n) is 3.25. The minimum absolute atomic E-state index is 0.189. The highest BCUT2D eigenvalue weighted by Crippen LogP contribution is 2.39. The standard InChI is InChI=1S/C14H30N2O/c1-5-17-9-8-16(4)14(11-15)10-12(2)6-7-13(14)3/h12-13H,5-11,15H2,1-4H3. The van der Waals surface area contributed by atoms with Crippen LogP contribution in [0.2, 0.25) is 0 Å².